The number of carbonyl (C=O) groups excluding carboxylic acids is 1. The van der Waals surface area contributed by atoms with Gasteiger partial charge in [0.25, 0.3) is 0 Å². The van der Waals surface area contributed by atoms with Gasteiger partial charge < -0.3 is 14.8 Å². The predicted octanol–water partition coefficient (Wildman–Crippen LogP) is 4.64. The molecule has 7 nitrogen and oxygen atoms in total. The van der Waals surface area contributed by atoms with Crippen molar-refractivity contribution in [1.82, 2.24) is 15.3 Å². The van der Waals surface area contributed by atoms with E-state index in [1.807, 2.05) is 53.7 Å². The van der Waals surface area contributed by atoms with E-state index in [2.05, 4.69) is 21.4 Å². The highest BCUT2D eigenvalue weighted by Gasteiger charge is 2.19. The molecule has 160 valence electrons. The number of nitrogens with zero attached hydrogens (tertiary/aromatic N) is 3. The molecule has 0 aliphatic rings. The van der Waals surface area contributed by atoms with E-state index in [4.69, 9.17) is 9.47 Å². The Morgan fingerprint density at radius 1 is 1.23 bits per heavy atom. The minimum atomic E-state index is -0.525. The third kappa shape index (κ3) is 7.36. The number of amides is 1. The molecular formula is C23H30N4O3. The molecule has 2 rings (SSSR count). The summed E-state index contributed by atoms with van der Waals surface area (Å²) in [6, 6.07) is 9.45. The van der Waals surface area contributed by atoms with Crippen molar-refractivity contribution in [2.24, 2.45) is 5.92 Å². The molecular weight excluding hydrogens is 380 g/mol. The van der Waals surface area contributed by atoms with Crippen molar-refractivity contribution in [2.75, 3.05) is 6.61 Å². The average molecular weight is 411 g/mol. The molecule has 1 aromatic heterocycles. The number of ether oxygens (including phenoxy) is 2. The Balaban J connectivity index is 1.93. The fraction of sp³-hybridized carbons (Fsp3) is 0.478. The predicted molar refractivity (Wildman–Crippen MR) is 115 cm³/mol. The minimum Gasteiger partial charge on any atom is -0.492 e. The summed E-state index contributed by atoms with van der Waals surface area (Å²) in [4.78, 5) is 20.2. The molecule has 2 unspecified atom stereocenters. The van der Waals surface area contributed by atoms with Crippen LogP contribution in [0.15, 0.2) is 30.6 Å². The van der Waals surface area contributed by atoms with E-state index < -0.39 is 11.7 Å². The average Bonchev–Trinajstić information content (AvgIpc) is 2.64. The van der Waals surface area contributed by atoms with Crippen LogP contribution in [-0.2, 0) is 4.74 Å². The molecule has 1 N–H and O–H groups in total. The van der Waals surface area contributed by atoms with Crippen LogP contribution in [0.4, 0.5) is 4.79 Å². The lowest BCUT2D eigenvalue weighted by Gasteiger charge is -2.23. The molecule has 0 aliphatic heterocycles. The fourth-order valence-corrected chi connectivity index (χ4v) is 2.99. The van der Waals surface area contributed by atoms with Gasteiger partial charge in [0.15, 0.2) is 0 Å². The van der Waals surface area contributed by atoms with Gasteiger partial charge in [-0.2, -0.15) is 5.26 Å². The maximum absolute atomic E-state index is 11.9. The van der Waals surface area contributed by atoms with Crippen molar-refractivity contribution in [1.29, 1.82) is 5.26 Å². The van der Waals surface area contributed by atoms with Crippen LogP contribution in [-0.4, -0.2) is 34.3 Å². The van der Waals surface area contributed by atoms with E-state index in [9.17, 15) is 10.1 Å². The highest BCUT2D eigenvalue weighted by Crippen LogP contribution is 2.26. The van der Waals surface area contributed by atoms with E-state index in [-0.39, 0.29) is 12.0 Å². The van der Waals surface area contributed by atoms with E-state index in [1.165, 1.54) is 6.33 Å². The molecule has 1 amide bonds. The molecule has 30 heavy (non-hydrogen) atoms. The van der Waals surface area contributed by atoms with Gasteiger partial charge in [0.05, 0.1) is 17.9 Å². The second kappa shape index (κ2) is 10.1. The summed E-state index contributed by atoms with van der Waals surface area (Å²) >= 11 is 0. The Labute approximate surface area is 178 Å². The van der Waals surface area contributed by atoms with E-state index in [1.54, 1.807) is 12.1 Å². The first-order chi connectivity index (χ1) is 14.1. The molecule has 0 bridgehead atoms. The smallest absolute Gasteiger partial charge is 0.407 e. The molecule has 1 aromatic carbocycles. The lowest BCUT2D eigenvalue weighted by Crippen LogP contribution is -2.38. The summed E-state index contributed by atoms with van der Waals surface area (Å²) in [7, 11) is 0. The van der Waals surface area contributed by atoms with Gasteiger partial charge in [-0.15, -0.1) is 0 Å². The van der Waals surface area contributed by atoms with Crippen molar-refractivity contribution >= 4 is 6.09 Å². The molecule has 0 saturated carbocycles. The van der Waals surface area contributed by atoms with E-state index in [0.717, 1.165) is 23.4 Å². The topological polar surface area (TPSA) is 97.1 Å². The number of benzene rings is 1. The normalized spacial score (nSPS) is 13.1. The van der Waals surface area contributed by atoms with Crippen molar-refractivity contribution in [2.45, 2.75) is 59.6 Å². The summed E-state index contributed by atoms with van der Waals surface area (Å²) in [5.41, 5.74) is 2.40. The number of aryl methyl sites for hydroxylation is 1. The lowest BCUT2D eigenvalue weighted by atomic mass is 10.0. The third-order valence-electron chi connectivity index (χ3n) is 4.24. The fourth-order valence-electron chi connectivity index (χ4n) is 2.99. The summed E-state index contributed by atoms with van der Waals surface area (Å²) in [6.07, 6.45) is 1.81. The van der Waals surface area contributed by atoms with Crippen LogP contribution < -0.4 is 10.1 Å². The van der Waals surface area contributed by atoms with Gasteiger partial charge in [-0.1, -0.05) is 6.92 Å². The second-order valence-electron chi connectivity index (χ2n) is 8.57. The first kappa shape index (κ1) is 23.1. The number of hydrogen-bond acceptors (Lipinski definition) is 6. The second-order valence-corrected chi connectivity index (χ2v) is 8.57. The van der Waals surface area contributed by atoms with Crippen LogP contribution in [0.3, 0.4) is 0 Å². The number of carbonyl (C=O) groups is 1. The van der Waals surface area contributed by atoms with Gasteiger partial charge in [0, 0.05) is 17.3 Å². The monoisotopic (exact) mass is 410 g/mol. The zero-order valence-electron chi connectivity index (χ0n) is 18.5. The summed E-state index contributed by atoms with van der Waals surface area (Å²) in [5.74, 6) is 0.706. The van der Waals surface area contributed by atoms with Crippen LogP contribution in [0.2, 0.25) is 0 Å². The first-order valence-electron chi connectivity index (χ1n) is 10.0. The summed E-state index contributed by atoms with van der Waals surface area (Å²) in [5, 5.41) is 12.4. The zero-order valence-corrected chi connectivity index (χ0v) is 18.5. The van der Waals surface area contributed by atoms with Gasteiger partial charge in [-0.25, -0.2) is 14.8 Å². The van der Waals surface area contributed by atoms with Crippen LogP contribution in [0.1, 0.15) is 52.3 Å². The quantitative estimate of drug-likeness (QED) is 0.714. The van der Waals surface area contributed by atoms with Gasteiger partial charge in [0.1, 0.15) is 23.7 Å². The summed E-state index contributed by atoms with van der Waals surface area (Å²) in [6.45, 7) is 11.8. The Hall–Kier alpha value is -3.14. The largest absolute Gasteiger partial charge is 0.492 e. The Kier molecular flexibility index (Phi) is 7.76. The molecule has 7 heteroatoms. The van der Waals surface area contributed by atoms with Gasteiger partial charge >= 0.3 is 6.09 Å². The van der Waals surface area contributed by atoms with E-state index in [0.29, 0.717) is 17.9 Å². The SMILES string of the molecule is Cc1cc(-c2ccc(OCC(C)CC(C)NC(=O)OC(C)(C)C)c(C#N)c2)ncn1. The number of alkyl carbamates (subject to hydrolysis) is 1. The highest BCUT2D eigenvalue weighted by atomic mass is 16.6. The molecule has 0 saturated heterocycles. The minimum absolute atomic E-state index is 0.0581. The standard InChI is InChI=1S/C23H30N4O3/c1-15(9-17(3)27-22(28)30-23(4,5)6)13-29-21-8-7-18(11-19(21)12-24)20-10-16(2)25-14-26-20/h7-8,10-11,14-15,17H,9,13H2,1-6H3,(H,27,28). The lowest BCUT2D eigenvalue weighted by molar-refractivity contribution is 0.0500. The van der Waals surface area contributed by atoms with Crippen LogP contribution in [0.25, 0.3) is 11.3 Å². The van der Waals surface area contributed by atoms with Crippen LogP contribution in [0, 0.1) is 24.2 Å². The number of nitriles is 1. The number of hydrogen-bond donors (Lipinski definition) is 1. The first-order valence-corrected chi connectivity index (χ1v) is 10.0. The molecule has 1 heterocycles. The Morgan fingerprint density at radius 3 is 2.60 bits per heavy atom. The summed E-state index contributed by atoms with van der Waals surface area (Å²) < 4.78 is 11.2. The van der Waals surface area contributed by atoms with Gasteiger partial charge in [-0.3, -0.25) is 0 Å². The number of rotatable bonds is 7. The maximum atomic E-state index is 11.9. The zero-order chi connectivity index (χ0) is 22.3. The molecule has 0 spiro atoms. The van der Waals surface area contributed by atoms with Crippen molar-refractivity contribution in [3.05, 3.63) is 41.9 Å². The molecule has 2 aromatic rings. The van der Waals surface area contributed by atoms with Crippen molar-refractivity contribution in [3.8, 4) is 23.1 Å². The molecule has 0 fully saturated rings. The van der Waals surface area contributed by atoms with Crippen LogP contribution in [0.5, 0.6) is 5.75 Å². The van der Waals surface area contributed by atoms with Gasteiger partial charge in [0.2, 0.25) is 0 Å². The Bertz CT molecular complexity index is 915. The highest BCUT2D eigenvalue weighted by molar-refractivity contribution is 5.68. The van der Waals surface area contributed by atoms with Crippen molar-refractivity contribution in [3.63, 3.8) is 0 Å². The molecule has 2 atom stereocenters. The molecule has 0 aliphatic carbocycles. The van der Waals surface area contributed by atoms with Crippen LogP contribution >= 0.6 is 0 Å². The van der Waals surface area contributed by atoms with E-state index >= 15 is 0 Å². The Morgan fingerprint density at radius 2 is 1.97 bits per heavy atom. The van der Waals surface area contributed by atoms with Crippen molar-refractivity contribution < 1.29 is 14.3 Å². The third-order valence-corrected chi connectivity index (χ3v) is 4.24. The number of aromatic nitrogens is 2. The molecule has 0 radical (unpaired) electrons. The maximum Gasteiger partial charge on any atom is 0.407 e. The number of nitrogens with one attached hydrogen (secondary N) is 1. The van der Waals surface area contributed by atoms with Gasteiger partial charge in [-0.05, 0) is 71.2 Å².